The topological polar surface area (TPSA) is 112 Å². The Morgan fingerprint density at radius 2 is 1.80 bits per heavy atom. The molecule has 30 heavy (non-hydrogen) atoms. The molecule has 1 aliphatic heterocycles. The average Bonchev–Trinajstić information content (AvgIpc) is 3.28. The number of carbonyl (C=O) groups is 2. The lowest BCUT2D eigenvalue weighted by Crippen LogP contribution is -2.28. The van der Waals surface area contributed by atoms with Crippen LogP contribution in [0.3, 0.4) is 0 Å². The van der Waals surface area contributed by atoms with Gasteiger partial charge in [0.15, 0.2) is 11.5 Å². The summed E-state index contributed by atoms with van der Waals surface area (Å²) in [6.07, 6.45) is 2.21. The Morgan fingerprint density at radius 1 is 1.07 bits per heavy atom. The molecule has 0 aromatic heterocycles. The number of primary amides is 1. The normalized spacial score (nSPS) is 15.4. The Morgan fingerprint density at radius 3 is 2.47 bits per heavy atom. The highest BCUT2D eigenvalue weighted by Gasteiger charge is 2.17. The molecule has 4 N–H and O–H groups in total. The van der Waals surface area contributed by atoms with E-state index < -0.39 is 6.03 Å². The SMILES string of the molecule is COc1cc(CNC(=O)c2ccc(CNC(N)=O)cc2)ccc1OCC1CCCO1. The second-order valence-electron chi connectivity index (χ2n) is 7.03. The summed E-state index contributed by atoms with van der Waals surface area (Å²) in [6, 6.07) is 12.0. The average molecular weight is 413 g/mol. The zero-order valence-electron chi connectivity index (χ0n) is 17.0. The van der Waals surface area contributed by atoms with E-state index >= 15 is 0 Å². The van der Waals surface area contributed by atoms with Crippen LogP contribution in [0.4, 0.5) is 4.79 Å². The molecule has 0 saturated carbocycles. The lowest BCUT2D eigenvalue weighted by atomic mass is 10.1. The number of methoxy groups -OCH3 is 1. The Bertz CT molecular complexity index is 864. The second kappa shape index (κ2) is 10.5. The van der Waals surface area contributed by atoms with Crippen molar-refractivity contribution in [3.05, 3.63) is 59.2 Å². The van der Waals surface area contributed by atoms with E-state index in [1.54, 1.807) is 31.4 Å². The molecule has 8 heteroatoms. The quantitative estimate of drug-likeness (QED) is 0.584. The molecule has 160 valence electrons. The number of hydrogen-bond acceptors (Lipinski definition) is 5. The number of hydrogen-bond donors (Lipinski definition) is 3. The molecule has 8 nitrogen and oxygen atoms in total. The Hall–Kier alpha value is -3.26. The van der Waals surface area contributed by atoms with Crippen LogP contribution in [0.25, 0.3) is 0 Å². The molecule has 0 aliphatic carbocycles. The van der Waals surface area contributed by atoms with Crippen LogP contribution in [0.2, 0.25) is 0 Å². The van der Waals surface area contributed by atoms with E-state index in [1.165, 1.54) is 0 Å². The monoisotopic (exact) mass is 413 g/mol. The summed E-state index contributed by atoms with van der Waals surface area (Å²) >= 11 is 0. The summed E-state index contributed by atoms with van der Waals surface area (Å²) in [5.41, 5.74) is 7.33. The van der Waals surface area contributed by atoms with Crippen LogP contribution in [0.1, 0.15) is 34.3 Å². The van der Waals surface area contributed by atoms with Crippen LogP contribution < -0.4 is 25.8 Å². The van der Waals surface area contributed by atoms with Crippen molar-refractivity contribution in [3.8, 4) is 11.5 Å². The Balaban J connectivity index is 1.52. The van der Waals surface area contributed by atoms with E-state index in [4.69, 9.17) is 19.9 Å². The Kier molecular flexibility index (Phi) is 7.51. The Labute approximate surface area is 175 Å². The molecular formula is C22H27N3O5. The molecule has 1 heterocycles. The molecule has 2 aromatic carbocycles. The van der Waals surface area contributed by atoms with E-state index in [-0.39, 0.29) is 12.0 Å². The fraction of sp³-hybridized carbons (Fsp3) is 0.364. The van der Waals surface area contributed by atoms with E-state index in [1.807, 2.05) is 18.2 Å². The number of benzene rings is 2. The molecule has 1 aliphatic rings. The van der Waals surface area contributed by atoms with Crippen molar-refractivity contribution >= 4 is 11.9 Å². The van der Waals surface area contributed by atoms with E-state index in [9.17, 15) is 9.59 Å². The summed E-state index contributed by atoms with van der Waals surface area (Å²) in [6.45, 7) is 1.96. The molecule has 3 amide bonds. The van der Waals surface area contributed by atoms with Gasteiger partial charge in [-0.3, -0.25) is 4.79 Å². The zero-order chi connectivity index (χ0) is 21.3. The number of amides is 3. The zero-order valence-corrected chi connectivity index (χ0v) is 17.0. The van der Waals surface area contributed by atoms with Gasteiger partial charge in [-0.15, -0.1) is 0 Å². The van der Waals surface area contributed by atoms with Gasteiger partial charge in [-0.05, 0) is 48.2 Å². The molecule has 1 saturated heterocycles. The highest BCUT2D eigenvalue weighted by molar-refractivity contribution is 5.94. The summed E-state index contributed by atoms with van der Waals surface area (Å²) < 4.78 is 16.8. The number of urea groups is 1. The van der Waals surface area contributed by atoms with Crippen LogP contribution in [0, 0.1) is 0 Å². The van der Waals surface area contributed by atoms with Crippen LogP contribution in [-0.2, 0) is 17.8 Å². The van der Waals surface area contributed by atoms with Crippen molar-refractivity contribution in [1.29, 1.82) is 0 Å². The van der Waals surface area contributed by atoms with Gasteiger partial charge in [0, 0.05) is 25.3 Å². The van der Waals surface area contributed by atoms with Gasteiger partial charge in [0.2, 0.25) is 0 Å². The molecule has 1 atom stereocenters. The lowest BCUT2D eigenvalue weighted by molar-refractivity contribution is 0.0669. The highest BCUT2D eigenvalue weighted by atomic mass is 16.5. The van der Waals surface area contributed by atoms with Gasteiger partial charge in [0.05, 0.1) is 13.2 Å². The van der Waals surface area contributed by atoms with Crippen molar-refractivity contribution in [2.45, 2.75) is 32.0 Å². The first-order chi connectivity index (χ1) is 14.5. The molecule has 2 aromatic rings. The minimum Gasteiger partial charge on any atom is -0.493 e. The highest BCUT2D eigenvalue weighted by Crippen LogP contribution is 2.29. The number of nitrogens with two attached hydrogens (primary N) is 1. The third-order valence-corrected chi connectivity index (χ3v) is 4.81. The van der Waals surface area contributed by atoms with Gasteiger partial charge in [-0.25, -0.2) is 4.79 Å². The number of ether oxygens (including phenoxy) is 3. The van der Waals surface area contributed by atoms with Gasteiger partial charge in [-0.1, -0.05) is 18.2 Å². The standard InChI is InChI=1S/C22H27N3O5/c1-28-20-11-16(6-9-19(20)30-14-18-3-2-10-29-18)13-24-21(26)17-7-4-15(5-8-17)12-25-22(23)27/h4-9,11,18H,2-3,10,12-14H2,1H3,(H,24,26)(H3,23,25,27). The molecule has 3 rings (SSSR count). The van der Waals surface area contributed by atoms with Gasteiger partial charge in [0.1, 0.15) is 6.61 Å². The first-order valence-corrected chi connectivity index (χ1v) is 9.87. The minimum atomic E-state index is -0.587. The van der Waals surface area contributed by atoms with E-state index in [0.717, 1.165) is 30.6 Å². The van der Waals surface area contributed by atoms with Crippen LogP contribution >= 0.6 is 0 Å². The fourth-order valence-electron chi connectivity index (χ4n) is 3.15. The van der Waals surface area contributed by atoms with Crippen molar-refractivity contribution in [1.82, 2.24) is 10.6 Å². The number of nitrogens with one attached hydrogen (secondary N) is 2. The first-order valence-electron chi connectivity index (χ1n) is 9.87. The van der Waals surface area contributed by atoms with Gasteiger partial charge >= 0.3 is 6.03 Å². The molecule has 0 radical (unpaired) electrons. The van der Waals surface area contributed by atoms with Crippen LogP contribution in [0.15, 0.2) is 42.5 Å². The summed E-state index contributed by atoms with van der Waals surface area (Å²) in [5.74, 6) is 1.08. The van der Waals surface area contributed by atoms with Crippen LogP contribution in [-0.4, -0.2) is 38.4 Å². The van der Waals surface area contributed by atoms with Gasteiger partial charge in [0.25, 0.3) is 5.91 Å². The van der Waals surface area contributed by atoms with Crippen LogP contribution in [0.5, 0.6) is 11.5 Å². The first kappa shape index (κ1) is 21.4. The third-order valence-electron chi connectivity index (χ3n) is 4.81. The smallest absolute Gasteiger partial charge is 0.312 e. The molecule has 1 fully saturated rings. The lowest BCUT2D eigenvalue weighted by Gasteiger charge is -2.15. The molecule has 0 spiro atoms. The van der Waals surface area contributed by atoms with Crippen molar-refractivity contribution in [2.75, 3.05) is 20.3 Å². The number of rotatable bonds is 9. The maximum atomic E-state index is 12.4. The van der Waals surface area contributed by atoms with Gasteiger partial charge in [-0.2, -0.15) is 0 Å². The predicted molar refractivity (Wildman–Crippen MR) is 111 cm³/mol. The second-order valence-corrected chi connectivity index (χ2v) is 7.03. The summed E-state index contributed by atoms with van der Waals surface area (Å²) in [5, 5.41) is 5.39. The number of carbonyl (C=O) groups excluding carboxylic acids is 2. The molecule has 0 bridgehead atoms. The van der Waals surface area contributed by atoms with Gasteiger partial charge < -0.3 is 30.6 Å². The molecule has 1 unspecified atom stereocenters. The maximum absolute atomic E-state index is 12.4. The largest absolute Gasteiger partial charge is 0.493 e. The van der Waals surface area contributed by atoms with Crippen molar-refractivity contribution < 1.29 is 23.8 Å². The van der Waals surface area contributed by atoms with E-state index in [0.29, 0.717) is 36.8 Å². The molecular weight excluding hydrogens is 386 g/mol. The van der Waals surface area contributed by atoms with E-state index in [2.05, 4.69) is 10.6 Å². The van der Waals surface area contributed by atoms with Crippen molar-refractivity contribution in [2.24, 2.45) is 5.73 Å². The van der Waals surface area contributed by atoms with Crippen molar-refractivity contribution in [3.63, 3.8) is 0 Å². The minimum absolute atomic E-state index is 0.131. The predicted octanol–water partition coefficient (Wildman–Crippen LogP) is 2.35. The third kappa shape index (κ3) is 6.12. The summed E-state index contributed by atoms with van der Waals surface area (Å²) in [4.78, 5) is 23.2. The maximum Gasteiger partial charge on any atom is 0.312 e. The fourth-order valence-corrected chi connectivity index (χ4v) is 3.15. The summed E-state index contributed by atoms with van der Waals surface area (Å²) in [7, 11) is 1.59.